The maximum absolute atomic E-state index is 10.5. The van der Waals surface area contributed by atoms with E-state index < -0.39 is 10.1 Å². The predicted molar refractivity (Wildman–Crippen MR) is 92.5 cm³/mol. The minimum atomic E-state index is -3.84. The van der Waals surface area contributed by atoms with Crippen molar-refractivity contribution in [3.8, 4) is 0 Å². The molecule has 1 N–H and O–H groups in total. The molecular weight excluding hydrogens is 343 g/mol. The maximum atomic E-state index is 10.5. The van der Waals surface area contributed by atoms with Gasteiger partial charge in [0.2, 0.25) is 0 Å². The van der Waals surface area contributed by atoms with Crippen LogP contribution in [0, 0.1) is 5.92 Å². The standard InChI is InChI=1S/C16H34O6S.Na.H/c1-3-5-8-16(4-2)15-22-13-12-21-11-10-20-9-6-7-14-23(17,18)19;;/h16H,3-15H2,1-2H3,(H,17,18,19);;/q;+1;-1. The first-order valence-electron chi connectivity index (χ1n) is 8.68. The van der Waals surface area contributed by atoms with Crippen molar-refractivity contribution in [1.29, 1.82) is 0 Å². The molecule has 0 aliphatic rings. The van der Waals surface area contributed by atoms with Gasteiger partial charge >= 0.3 is 29.6 Å². The van der Waals surface area contributed by atoms with E-state index in [1.165, 1.54) is 19.3 Å². The van der Waals surface area contributed by atoms with E-state index in [4.69, 9.17) is 18.8 Å². The molecule has 0 aliphatic carbocycles. The van der Waals surface area contributed by atoms with Crippen LogP contribution in [-0.2, 0) is 24.3 Å². The Kier molecular flexibility index (Phi) is 20.9. The molecule has 0 aromatic carbocycles. The van der Waals surface area contributed by atoms with Gasteiger partial charge in [-0.2, -0.15) is 8.42 Å². The molecule has 0 aromatic rings. The van der Waals surface area contributed by atoms with Gasteiger partial charge in [-0.1, -0.05) is 33.1 Å². The number of hydrogen-bond acceptors (Lipinski definition) is 5. The van der Waals surface area contributed by atoms with Crippen LogP contribution in [0.15, 0.2) is 0 Å². The second-order valence-electron chi connectivity index (χ2n) is 5.71. The van der Waals surface area contributed by atoms with Crippen LogP contribution in [-0.4, -0.2) is 58.4 Å². The summed E-state index contributed by atoms with van der Waals surface area (Å²) in [5.41, 5.74) is 0. The van der Waals surface area contributed by atoms with Gasteiger partial charge < -0.3 is 15.6 Å². The van der Waals surface area contributed by atoms with Gasteiger partial charge in [-0.3, -0.25) is 4.55 Å². The molecule has 0 heterocycles. The van der Waals surface area contributed by atoms with Crippen LogP contribution in [0.2, 0.25) is 0 Å². The topological polar surface area (TPSA) is 82.1 Å². The van der Waals surface area contributed by atoms with E-state index in [9.17, 15) is 8.42 Å². The third-order valence-corrected chi connectivity index (χ3v) is 4.39. The normalized spacial score (nSPS) is 12.8. The molecule has 0 spiro atoms. The molecule has 0 amide bonds. The Bertz CT molecular complexity index is 357. The van der Waals surface area contributed by atoms with Gasteiger partial charge in [-0.05, 0) is 25.2 Å². The van der Waals surface area contributed by atoms with E-state index in [0.717, 1.165) is 13.0 Å². The molecule has 8 heteroatoms. The number of ether oxygens (including phenoxy) is 3. The summed E-state index contributed by atoms with van der Waals surface area (Å²) >= 11 is 0. The summed E-state index contributed by atoms with van der Waals surface area (Å²) in [4.78, 5) is 0. The van der Waals surface area contributed by atoms with Crippen molar-refractivity contribution in [3.63, 3.8) is 0 Å². The minimum Gasteiger partial charge on any atom is -1.00 e. The number of unbranched alkanes of at least 4 members (excludes halogenated alkanes) is 2. The molecule has 0 fully saturated rings. The molecule has 0 saturated carbocycles. The average Bonchev–Trinajstić information content (AvgIpc) is 2.50. The fraction of sp³-hybridized carbons (Fsp3) is 1.00. The van der Waals surface area contributed by atoms with E-state index in [1.807, 2.05) is 0 Å². The Hall–Kier alpha value is 0.790. The van der Waals surface area contributed by atoms with Crippen molar-refractivity contribution >= 4 is 10.1 Å². The van der Waals surface area contributed by atoms with Crippen LogP contribution < -0.4 is 29.6 Å². The average molecular weight is 379 g/mol. The van der Waals surface area contributed by atoms with E-state index in [2.05, 4.69) is 13.8 Å². The summed E-state index contributed by atoms with van der Waals surface area (Å²) < 4.78 is 45.9. The van der Waals surface area contributed by atoms with E-state index in [-0.39, 0.29) is 36.7 Å². The van der Waals surface area contributed by atoms with Crippen LogP contribution in [0.1, 0.15) is 53.8 Å². The quantitative estimate of drug-likeness (QED) is 0.219. The summed E-state index contributed by atoms with van der Waals surface area (Å²) in [6, 6.07) is 0. The van der Waals surface area contributed by atoms with Gasteiger partial charge in [-0.25, -0.2) is 0 Å². The van der Waals surface area contributed by atoms with Gasteiger partial charge in [0.25, 0.3) is 10.1 Å². The van der Waals surface area contributed by atoms with E-state index >= 15 is 0 Å². The molecule has 0 aliphatic heterocycles. The minimum absolute atomic E-state index is 0. The van der Waals surface area contributed by atoms with Crippen molar-refractivity contribution in [2.75, 3.05) is 45.4 Å². The molecule has 1 unspecified atom stereocenters. The van der Waals surface area contributed by atoms with Gasteiger partial charge in [0.05, 0.1) is 32.2 Å². The van der Waals surface area contributed by atoms with Crippen LogP contribution >= 0.6 is 0 Å². The third-order valence-electron chi connectivity index (χ3n) is 3.58. The fourth-order valence-corrected chi connectivity index (χ4v) is 2.65. The van der Waals surface area contributed by atoms with Crippen LogP contribution in [0.25, 0.3) is 0 Å². The maximum Gasteiger partial charge on any atom is 1.00 e. The van der Waals surface area contributed by atoms with Crippen molar-refractivity contribution < 1.29 is 58.2 Å². The van der Waals surface area contributed by atoms with Crippen LogP contribution in [0.4, 0.5) is 0 Å². The summed E-state index contributed by atoms with van der Waals surface area (Å²) in [6.45, 7) is 7.86. The first kappa shape index (κ1) is 27.0. The summed E-state index contributed by atoms with van der Waals surface area (Å²) in [6.07, 6.45) is 5.91. The van der Waals surface area contributed by atoms with Gasteiger partial charge in [0.15, 0.2) is 0 Å². The third kappa shape index (κ3) is 20.8. The zero-order valence-corrected chi connectivity index (χ0v) is 18.5. The molecular formula is C16H35NaO6S. The van der Waals surface area contributed by atoms with Crippen molar-refractivity contribution in [1.82, 2.24) is 0 Å². The second-order valence-corrected chi connectivity index (χ2v) is 7.28. The molecule has 0 bridgehead atoms. The first-order chi connectivity index (χ1) is 11.0. The molecule has 1 atom stereocenters. The zero-order valence-electron chi connectivity index (χ0n) is 16.7. The second kappa shape index (κ2) is 18.6. The molecule has 0 radical (unpaired) electrons. The summed E-state index contributed by atoms with van der Waals surface area (Å²) in [5.74, 6) is 0.447. The summed E-state index contributed by atoms with van der Waals surface area (Å²) in [7, 11) is -3.84. The molecule has 24 heavy (non-hydrogen) atoms. The smallest absolute Gasteiger partial charge is 1.00 e. The summed E-state index contributed by atoms with van der Waals surface area (Å²) in [5, 5.41) is 0. The van der Waals surface area contributed by atoms with Crippen LogP contribution in [0.5, 0.6) is 0 Å². The van der Waals surface area contributed by atoms with Crippen molar-refractivity contribution in [2.24, 2.45) is 5.92 Å². The first-order valence-corrected chi connectivity index (χ1v) is 10.3. The van der Waals surface area contributed by atoms with Gasteiger partial charge in [-0.15, -0.1) is 0 Å². The Balaban J connectivity index is -0.00000242. The largest absolute Gasteiger partial charge is 1.00 e. The molecule has 0 saturated heterocycles. The zero-order chi connectivity index (χ0) is 17.4. The Morgan fingerprint density at radius 1 is 0.917 bits per heavy atom. The van der Waals surface area contributed by atoms with Gasteiger partial charge in [0.1, 0.15) is 0 Å². The van der Waals surface area contributed by atoms with Gasteiger partial charge in [0, 0.05) is 13.2 Å². The fourth-order valence-electron chi connectivity index (χ4n) is 2.08. The number of hydrogen-bond donors (Lipinski definition) is 1. The van der Waals surface area contributed by atoms with E-state index in [0.29, 0.717) is 51.8 Å². The molecule has 142 valence electrons. The number of rotatable bonds is 17. The Morgan fingerprint density at radius 3 is 2.04 bits per heavy atom. The van der Waals surface area contributed by atoms with E-state index in [1.54, 1.807) is 0 Å². The SMILES string of the molecule is CCCCC(CC)COCCOCCOCCCCS(=O)(=O)O.[H-].[Na+]. The van der Waals surface area contributed by atoms with Crippen molar-refractivity contribution in [3.05, 3.63) is 0 Å². The molecule has 0 aromatic heterocycles. The predicted octanol–water partition coefficient (Wildman–Crippen LogP) is 0.0371. The molecule has 6 nitrogen and oxygen atoms in total. The van der Waals surface area contributed by atoms with Crippen LogP contribution in [0.3, 0.4) is 0 Å². The Morgan fingerprint density at radius 2 is 1.50 bits per heavy atom. The monoisotopic (exact) mass is 378 g/mol. The molecule has 0 rings (SSSR count). The Labute approximate surface area is 171 Å². The van der Waals surface area contributed by atoms with Crippen molar-refractivity contribution in [2.45, 2.75) is 52.4 Å².